The zero-order valence-electron chi connectivity index (χ0n) is 14.4. The predicted octanol–water partition coefficient (Wildman–Crippen LogP) is 3.17. The van der Waals surface area contributed by atoms with Crippen molar-refractivity contribution in [2.75, 3.05) is 13.9 Å². The van der Waals surface area contributed by atoms with Gasteiger partial charge >= 0.3 is 5.69 Å². The number of rotatable bonds is 4. The first-order chi connectivity index (χ1) is 13.6. The lowest BCUT2D eigenvalue weighted by Crippen LogP contribution is -1.95. The van der Waals surface area contributed by atoms with Gasteiger partial charge in [-0.05, 0) is 30.3 Å². The first kappa shape index (κ1) is 16.4. The summed E-state index contributed by atoms with van der Waals surface area (Å²) < 4.78 is 17.4. The molecule has 10 nitrogen and oxygen atoms in total. The summed E-state index contributed by atoms with van der Waals surface area (Å²) in [5, 5.41) is 24.8. The third-order valence-electron chi connectivity index (χ3n) is 4.24. The van der Waals surface area contributed by atoms with Gasteiger partial charge in [-0.25, -0.2) is 0 Å². The van der Waals surface area contributed by atoms with E-state index in [9.17, 15) is 10.1 Å². The van der Waals surface area contributed by atoms with Crippen LogP contribution in [0, 0.1) is 10.1 Å². The van der Waals surface area contributed by atoms with E-state index in [0.29, 0.717) is 32.9 Å². The standard InChI is InChI=1S/C17H11N5O5S/c1-25-12-4-3-10(6-11(12)22(23)24)16-20-21-15(18-19-17(21)28-16)9-2-5-13-14(7-9)27-8-26-13/h2-7H,8H2,1H3. The van der Waals surface area contributed by atoms with E-state index >= 15 is 0 Å². The smallest absolute Gasteiger partial charge is 0.311 e. The second-order valence-corrected chi connectivity index (χ2v) is 6.79. The van der Waals surface area contributed by atoms with Gasteiger partial charge in [0.1, 0.15) is 5.01 Å². The fourth-order valence-corrected chi connectivity index (χ4v) is 3.75. The van der Waals surface area contributed by atoms with E-state index in [1.165, 1.54) is 24.5 Å². The van der Waals surface area contributed by atoms with Crippen molar-refractivity contribution >= 4 is 22.0 Å². The number of aromatic nitrogens is 4. The maximum atomic E-state index is 11.3. The summed E-state index contributed by atoms with van der Waals surface area (Å²) in [5.41, 5.74) is 1.25. The Morgan fingerprint density at radius 2 is 1.96 bits per heavy atom. The van der Waals surface area contributed by atoms with Crippen LogP contribution in [0.2, 0.25) is 0 Å². The Morgan fingerprint density at radius 3 is 2.79 bits per heavy atom. The summed E-state index contributed by atoms with van der Waals surface area (Å²) in [6.07, 6.45) is 0. The van der Waals surface area contributed by atoms with Crippen LogP contribution in [-0.4, -0.2) is 38.6 Å². The van der Waals surface area contributed by atoms with E-state index in [4.69, 9.17) is 14.2 Å². The van der Waals surface area contributed by atoms with Crippen LogP contribution in [0.5, 0.6) is 17.2 Å². The highest BCUT2D eigenvalue weighted by Gasteiger charge is 2.21. The highest BCUT2D eigenvalue weighted by atomic mass is 32.1. The second-order valence-electron chi connectivity index (χ2n) is 5.84. The summed E-state index contributed by atoms with van der Waals surface area (Å²) in [7, 11) is 1.39. The van der Waals surface area contributed by atoms with Crippen LogP contribution < -0.4 is 14.2 Å². The number of nitrogens with zero attached hydrogens (tertiary/aromatic N) is 5. The molecule has 0 aliphatic carbocycles. The van der Waals surface area contributed by atoms with Crippen molar-refractivity contribution in [3.63, 3.8) is 0 Å². The average molecular weight is 397 g/mol. The van der Waals surface area contributed by atoms with Gasteiger partial charge < -0.3 is 14.2 Å². The number of nitro groups is 1. The summed E-state index contributed by atoms with van der Waals surface area (Å²) >= 11 is 1.28. The van der Waals surface area contributed by atoms with Gasteiger partial charge in [0.25, 0.3) is 0 Å². The number of nitro benzene ring substituents is 1. The largest absolute Gasteiger partial charge is 0.490 e. The molecule has 0 unspecified atom stereocenters. The summed E-state index contributed by atoms with van der Waals surface area (Å²) in [6.45, 7) is 0.186. The maximum absolute atomic E-state index is 11.3. The Labute approximate surface area is 161 Å². The number of benzene rings is 2. The van der Waals surface area contributed by atoms with Crippen molar-refractivity contribution in [2.45, 2.75) is 0 Å². The summed E-state index contributed by atoms with van der Waals surface area (Å²) in [4.78, 5) is 11.4. The molecule has 0 radical (unpaired) electrons. The fraction of sp³-hybridized carbons (Fsp3) is 0.118. The lowest BCUT2D eigenvalue weighted by Gasteiger charge is -2.02. The molecule has 2 aromatic carbocycles. The van der Waals surface area contributed by atoms with Crippen LogP contribution in [0.25, 0.3) is 26.9 Å². The van der Waals surface area contributed by atoms with Crippen LogP contribution >= 0.6 is 11.3 Å². The van der Waals surface area contributed by atoms with E-state index in [1.807, 2.05) is 12.1 Å². The molecule has 5 rings (SSSR count). The molecule has 0 saturated carbocycles. The van der Waals surface area contributed by atoms with Gasteiger partial charge in [0, 0.05) is 17.2 Å². The normalized spacial score (nSPS) is 12.5. The van der Waals surface area contributed by atoms with E-state index in [-0.39, 0.29) is 18.2 Å². The van der Waals surface area contributed by atoms with Crippen LogP contribution in [0.4, 0.5) is 5.69 Å². The number of methoxy groups -OCH3 is 1. The molecule has 0 amide bonds. The van der Waals surface area contributed by atoms with Crippen LogP contribution in [-0.2, 0) is 0 Å². The molecular formula is C17H11N5O5S. The van der Waals surface area contributed by atoms with Crippen molar-refractivity contribution in [3.8, 4) is 39.2 Å². The lowest BCUT2D eigenvalue weighted by atomic mass is 10.2. The molecule has 0 spiro atoms. The Bertz CT molecular complexity index is 1230. The minimum Gasteiger partial charge on any atom is -0.490 e. The Kier molecular flexibility index (Phi) is 3.62. The molecule has 1 aliphatic rings. The molecular weight excluding hydrogens is 386 g/mol. The SMILES string of the molecule is COc1ccc(-c2nn3c(-c4ccc5c(c4)OCO5)nnc3s2)cc1[N+](=O)[O-]. The van der Waals surface area contributed by atoms with Crippen LogP contribution in [0.1, 0.15) is 0 Å². The van der Waals surface area contributed by atoms with Crippen molar-refractivity contribution in [2.24, 2.45) is 0 Å². The van der Waals surface area contributed by atoms with Gasteiger partial charge in [-0.1, -0.05) is 11.3 Å². The van der Waals surface area contributed by atoms with Gasteiger partial charge in [-0.2, -0.15) is 9.61 Å². The molecule has 28 heavy (non-hydrogen) atoms. The zero-order chi connectivity index (χ0) is 19.3. The Morgan fingerprint density at radius 1 is 1.14 bits per heavy atom. The van der Waals surface area contributed by atoms with Crippen LogP contribution in [0.15, 0.2) is 36.4 Å². The van der Waals surface area contributed by atoms with Crippen molar-refractivity contribution < 1.29 is 19.1 Å². The van der Waals surface area contributed by atoms with Crippen molar-refractivity contribution in [1.82, 2.24) is 19.8 Å². The second kappa shape index (κ2) is 6.16. The van der Waals surface area contributed by atoms with E-state index < -0.39 is 4.92 Å². The number of fused-ring (bicyclic) bond motifs is 2. The molecule has 0 atom stereocenters. The third kappa shape index (κ3) is 2.52. The number of ether oxygens (including phenoxy) is 3. The maximum Gasteiger partial charge on any atom is 0.311 e. The molecule has 0 bridgehead atoms. The van der Waals surface area contributed by atoms with Gasteiger partial charge in [-0.3, -0.25) is 10.1 Å². The summed E-state index contributed by atoms with van der Waals surface area (Å²) in [5.74, 6) is 2.04. The highest BCUT2D eigenvalue weighted by Crippen LogP contribution is 2.37. The predicted molar refractivity (Wildman–Crippen MR) is 98.9 cm³/mol. The monoisotopic (exact) mass is 397 g/mol. The minimum atomic E-state index is -0.485. The highest BCUT2D eigenvalue weighted by molar-refractivity contribution is 7.19. The Balaban J connectivity index is 1.59. The van der Waals surface area contributed by atoms with E-state index in [0.717, 1.165) is 5.56 Å². The molecule has 4 aromatic rings. The molecule has 0 fully saturated rings. The molecule has 3 heterocycles. The van der Waals surface area contributed by atoms with Gasteiger partial charge in [0.2, 0.25) is 11.8 Å². The molecule has 140 valence electrons. The zero-order valence-corrected chi connectivity index (χ0v) is 15.2. The molecule has 1 aliphatic heterocycles. The van der Waals surface area contributed by atoms with E-state index in [2.05, 4.69) is 15.3 Å². The first-order valence-corrected chi connectivity index (χ1v) is 8.91. The first-order valence-electron chi connectivity index (χ1n) is 8.09. The van der Waals surface area contributed by atoms with Crippen LogP contribution in [0.3, 0.4) is 0 Å². The minimum absolute atomic E-state index is 0.123. The van der Waals surface area contributed by atoms with Gasteiger partial charge in [-0.15, -0.1) is 10.2 Å². The van der Waals surface area contributed by atoms with Crippen molar-refractivity contribution in [1.29, 1.82) is 0 Å². The summed E-state index contributed by atoms with van der Waals surface area (Å²) in [6, 6.07) is 10.2. The van der Waals surface area contributed by atoms with E-state index in [1.54, 1.807) is 22.7 Å². The lowest BCUT2D eigenvalue weighted by molar-refractivity contribution is -0.385. The fourth-order valence-electron chi connectivity index (χ4n) is 2.91. The van der Waals surface area contributed by atoms with Crippen molar-refractivity contribution in [3.05, 3.63) is 46.5 Å². The average Bonchev–Trinajstić information content (AvgIpc) is 3.41. The number of hydrogen-bond acceptors (Lipinski definition) is 9. The Hall–Kier alpha value is -3.73. The topological polar surface area (TPSA) is 114 Å². The van der Waals surface area contributed by atoms with Gasteiger partial charge in [0.15, 0.2) is 23.1 Å². The molecule has 11 heteroatoms. The molecule has 0 N–H and O–H groups in total. The number of hydrogen-bond donors (Lipinski definition) is 0. The third-order valence-corrected chi connectivity index (χ3v) is 5.19. The quantitative estimate of drug-likeness (QED) is 0.381. The molecule has 2 aromatic heterocycles. The molecule has 0 saturated heterocycles. The van der Waals surface area contributed by atoms with Gasteiger partial charge in [0.05, 0.1) is 12.0 Å².